The fourth-order valence-electron chi connectivity index (χ4n) is 3.71. The zero-order chi connectivity index (χ0) is 25.4. The number of nitrogens with zero attached hydrogens (tertiary/aromatic N) is 1. The van der Waals surface area contributed by atoms with Gasteiger partial charge >= 0.3 is 5.97 Å². The van der Waals surface area contributed by atoms with Crippen LogP contribution in [-0.2, 0) is 20.4 Å². The molecule has 0 fully saturated rings. The minimum Gasteiger partial charge on any atom is -0.507 e. The average Bonchev–Trinajstić information content (AvgIpc) is 2.63. The van der Waals surface area contributed by atoms with Crippen molar-refractivity contribution < 1.29 is 14.6 Å². The third kappa shape index (κ3) is 6.26. The van der Waals surface area contributed by atoms with Gasteiger partial charge in [-0.1, -0.05) is 71.4 Å². The Kier molecular flexibility index (Phi) is 7.19. The number of hydrogen-bond acceptors (Lipinski definition) is 4. The molecule has 33 heavy (non-hydrogen) atoms. The summed E-state index contributed by atoms with van der Waals surface area (Å²) in [6.07, 6.45) is 0. The van der Waals surface area contributed by atoms with Crippen molar-refractivity contribution in [1.29, 1.82) is 5.26 Å². The smallest absolute Gasteiger partial charge is 0.350 e. The highest BCUT2D eigenvalue weighted by Crippen LogP contribution is 2.42. The van der Waals surface area contributed by atoms with Crippen LogP contribution < -0.4 is 0 Å². The second kappa shape index (κ2) is 9.06. The van der Waals surface area contributed by atoms with Crippen LogP contribution in [0, 0.1) is 18.3 Å². The largest absolute Gasteiger partial charge is 0.507 e. The number of aromatic hydroxyl groups is 1. The quantitative estimate of drug-likeness (QED) is 0.313. The molecule has 2 rings (SSSR count). The maximum absolute atomic E-state index is 13.1. The van der Waals surface area contributed by atoms with E-state index in [1.165, 1.54) is 0 Å². The van der Waals surface area contributed by atoms with Crippen molar-refractivity contribution >= 4 is 11.5 Å². The van der Waals surface area contributed by atoms with Crippen molar-refractivity contribution in [3.8, 4) is 11.8 Å². The third-order valence-electron chi connectivity index (χ3n) is 5.29. The first kappa shape index (κ1) is 26.2. The third-order valence-corrected chi connectivity index (χ3v) is 5.29. The van der Waals surface area contributed by atoms with Crippen LogP contribution in [0.25, 0.3) is 5.57 Å². The van der Waals surface area contributed by atoms with Crippen LogP contribution in [0.4, 0.5) is 0 Å². The molecule has 1 N–H and O–H groups in total. The molecule has 176 valence electrons. The van der Waals surface area contributed by atoms with Crippen molar-refractivity contribution in [1.82, 2.24) is 0 Å². The molecule has 0 unspecified atom stereocenters. The van der Waals surface area contributed by atoms with Crippen molar-refractivity contribution in [2.24, 2.45) is 0 Å². The summed E-state index contributed by atoms with van der Waals surface area (Å²) in [4.78, 5) is 13.1. The van der Waals surface area contributed by atoms with Gasteiger partial charge in [-0.25, -0.2) is 4.79 Å². The van der Waals surface area contributed by atoms with Gasteiger partial charge in [0.15, 0.2) is 0 Å². The molecule has 0 spiro atoms. The summed E-state index contributed by atoms with van der Waals surface area (Å²) in [7, 11) is 0. The Balaban J connectivity index is 3.03. The highest BCUT2D eigenvalue weighted by atomic mass is 16.6. The number of carbonyl (C=O) groups is 1. The number of aryl methyl sites for hydroxylation is 1. The van der Waals surface area contributed by atoms with Crippen LogP contribution in [0.15, 0.2) is 42.0 Å². The van der Waals surface area contributed by atoms with Crippen LogP contribution >= 0.6 is 0 Å². The molecule has 0 heterocycles. The molecular weight excluding hydrogens is 410 g/mol. The summed E-state index contributed by atoms with van der Waals surface area (Å²) in [6.45, 7) is 19.5. The lowest BCUT2D eigenvalue weighted by molar-refractivity contribution is -0.149. The van der Waals surface area contributed by atoms with E-state index in [9.17, 15) is 15.2 Å². The van der Waals surface area contributed by atoms with Gasteiger partial charge in [-0.05, 0) is 61.8 Å². The Morgan fingerprint density at radius 1 is 0.879 bits per heavy atom. The maximum atomic E-state index is 13.1. The topological polar surface area (TPSA) is 70.3 Å². The summed E-state index contributed by atoms with van der Waals surface area (Å²) < 4.78 is 5.60. The minimum absolute atomic E-state index is 0.0547. The molecular formula is C29H37NO3. The fourth-order valence-corrected chi connectivity index (χ4v) is 3.71. The van der Waals surface area contributed by atoms with E-state index in [0.29, 0.717) is 11.1 Å². The van der Waals surface area contributed by atoms with Gasteiger partial charge in [0.2, 0.25) is 0 Å². The van der Waals surface area contributed by atoms with Crippen molar-refractivity contribution in [2.45, 2.75) is 85.7 Å². The summed E-state index contributed by atoms with van der Waals surface area (Å²) >= 11 is 0. The summed E-state index contributed by atoms with van der Waals surface area (Å²) in [5.41, 5.74) is 3.00. The van der Waals surface area contributed by atoms with Crippen LogP contribution in [0.5, 0.6) is 5.75 Å². The summed E-state index contributed by atoms with van der Waals surface area (Å²) in [5.74, 6) is -0.415. The number of phenolic OH excluding ortho intramolecular Hbond substituents is 1. The van der Waals surface area contributed by atoms with Gasteiger partial charge in [0, 0.05) is 16.7 Å². The lowest BCUT2D eigenvalue weighted by Gasteiger charge is -2.29. The number of nitriles is 1. The molecule has 0 radical (unpaired) electrons. The molecule has 4 heteroatoms. The molecule has 0 bridgehead atoms. The Morgan fingerprint density at radius 2 is 1.39 bits per heavy atom. The number of benzene rings is 2. The van der Waals surface area contributed by atoms with E-state index in [0.717, 1.165) is 22.3 Å². The lowest BCUT2D eigenvalue weighted by atomic mass is 9.77. The van der Waals surface area contributed by atoms with E-state index in [1.54, 1.807) is 20.8 Å². The molecule has 4 nitrogen and oxygen atoms in total. The van der Waals surface area contributed by atoms with E-state index in [1.807, 2.05) is 84.9 Å². The Morgan fingerprint density at radius 3 is 1.79 bits per heavy atom. The molecule has 0 aliphatic heterocycles. The number of hydrogen-bond donors (Lipinski definition) is 1. The van der Waals surface area contributed by atoms with E-state index in [2.05, 4.69) is 6.07 Å². The lowest BCUT2D eigenvalue weighted by Crippen LogP contribution is -2.25. The molecule has 0 atom stereocenters. The monoisotopic (exact) mass is 447 g/mol. The Hall–Kier alpha value is -3.06. The first-order chi connectivity index (χ1) is 15.0. The number of ether oxygens (including phenoxy) is 1. The van der Waals surface area contributed by atoms with E-state index >= 15 is 0 Å². The predicted molar refractivity (Wildman–Crippen MR) is 134 cm³/mol. The van der Waals surface area contributed by atoms with Gasteiger partial charge in [0.05, 0.1) is 0 Å². The van der Waals surface area contributed by atoms with Gasteiger partial charge < -0.3 is 9.84 Å². The van der Waals surface area contributed by atoms with E-state index in [-0.39, 0.29) is 22.2 Å². The highest BCUT2D eigenvalue weighted by Gasteiger charge is 2.30. The van der Waals surface area contributed by atoms with Gasteiger partial charge in [0.25, 0.3) is 0 Å². The Labute approximate surface area is 198 Å². The number of esters is 1. The first-order valence-corrected chi connectivity index (χ1v) is 11.3. The number of carbonyl (C=O) groups excluding carboxylic acids is 1. The molecule has 0 aromatic heterocycles. The van der Waals surface area contributed by atoms with Gasteiger partial charge in [-0.3, -0.25) is 0 Å². The van der Waals surface area contributed by atoms with Crippen molar-refractivity contribution in [2.75, 3.05) is 0 Å². The Bertz CT molecular complexity index is 1090. The van der Waals surface area contributed by atoms with Crippen LogP contribution in [-0.4, -0.2) is 16.7 Å². The van der Waals surface area contributed by atoms with Gasteiger partial charge in [-0.15, -0.1) is 0 Å². The first-order valence-electron chi connectivity index (χ1n) is 11.3. The van der Waals surface area contributed by atoms with Gasteiger partial charge in [0.1, 0.15) is 23.0 Å². The van der Waals surface area contributed by atoms with Crippen LogP contribution in [0.3, 0.4) is 0 Å². The zero-order valence-electron chi connectivity index (χ0n) is 21.7. The highest BCUT2D eigenvalue weighted by molar-refractivity contribution is 6.05. The van der Waals surface area contributed by atoms with E-state index < -0.39 is 11.6 Å². The predicted octanol–water partition coefficient (Wildman–Crippen LogP) is 6.96. The van der Waals surface area contributed by atoms with Crippen LogP contribution in [0.1, 0.15) is 90.1 Å². The standard InChI is InChI=1S/C29H37NO3/c1-18-12-11-13-19(14-18)24(21(17-30)26(32)33-29(8,9)10)20-15-22(27(2,3)4)25(31)23(16-20)28(5,6)7/h11-16,31H,1-10H3. The van der Waals surface area contributed by atoms with E-state index in [4.69, 9.17) is 4.74 Å². The van der Waals surface area contributed by atoms with Gasteiger partial charge in [-0.2, -0.15) is 5.26 Å². The maximum Gasteiger partial charge on any atom is 0.350 e. The molecule has 2 aromatic rings. The zero-order valence-corrected chi connectivity index (χ0v) is 21.7. The fraction of sp³-hybridized carbons (Fsp3) is 0.448. The SMILES string of the molecule is Cc1cccc(C(=C(C#N)C(=O)OC(C)(C)C)c2cc(C(C)(C)C)c(O)c(C(C)(C)C)c2)c1. The number of rotatable bonds is 3. The summed E-state index contributed by atoms with van der Waals surface area (Å²) in [5, 5.41) is 21.3. The second-order valence-electron chi connectivity index (χ2n) is 11.7. The molecule has 0 amide bonds. The summed E-state index contributed by atoms with van der Waals surface area (Å²) in [6, 6.07) is 13.6. The van der Waals surface area contributed by atoms with Crippen molar-refractivity contribution in [3.63, 3.8) is 0 Å². The minimum atomic E-state index is -0.737. The molecule has 0 saturated carbocycles. The average molecular weight is 448 g/mol. The molecule has 0 aliphatic rings. The second-order valence-corrected chi connectivity index (χ2v) is 11.7. The molecule has 0 aliphatic carbocycles. The van der Waals surface area contributed by atoms with Crippen LogP contribution in [0.2, 0.25) is 0 Å². The molecule has 0 saturated heterocycles. The molecule has 2 aromatic carbocycles. The number of phenols is 1. The normalized spacial score (nSPS) is 13.2. The van der Waals surface area contributed by atoms with Crippen molar-refractivity contribution in [3.05, 3.63) is 69.8 Å².